The summed E-state index contributed by atoms with van der Waals surface area (Å²) in [6.45, 7) is 8.93. The molecule has 0 nitrogen and oxygen atoms in total. The zero-order valence-corrected chi connectivity index (χ0v) is 17.5. The van der Waals surface area contributed by atoms with Gasteiger partial charge in [0.25, 0.3) is 0 Å². The number of benzene rings is 2. The van der Waals surface area contributed by atoms with Gasteiger partial charge in [-0.2, -0.15) is 0 Å². The van der Waals surface area contributed by atoms with Gasteiger partial charge in [0.05, 0.1) is 0 Å². The van der Waals surface area contributed by atoms with Gasteiger partial charge in [0.1, 0.15) is 0 Å². The fourth-order valence-electron chi connectivity index (χ4n) is 2.80. The first-order valence-corrected chi connectivity index (χ1v) is 9.67. The standard InChI is InChI=1S/C19H22I2/c1-5-16-10-14(7-12(3)18(16)20)9-15-8-13(4)19(21)17(6-2)11-15/h7-8,10-11H,5-6,9H2,1-4H3. The summed E-state index contributed by atoms with van der Waals surface area (Å²) in [5.74, 6) is 0. The highest BCUT2D eigenvalue weighted by atomic mass is 127. The van der Waals surface area contributed by atoms with Gasteiger partial charge in [0.15, 0.2) is 0 Å². The molecule has 0 atom stereocenters. The normalized spacial score (nSPS) is 11.0. The summed E-state index contributed by atoms with van der Waals surface area (Å²) in [6.07, 6.45) is 3.26. The Hall–Kier alpha value is -0.100. The highest BCUT2D eigenvalue weighted by Crippen LogP contribution is 2.25. The summed E-state index contributed by atoms with van der Waals surface area (Å²) in [5, 5.41) is 0. The van der Waals surface area contributed by atoms with Gasteiger partial charge >= 0.3 is 0 Å². The third kappa shape index (κ3) is 4.01. The molecule has 0 saturated carbocycles. The second-order valence-corrected chi connectivity index (χ2v) is 7.81. The zero-order valence-electron chi connectivity index (χ0n) is 13.2. The van der Waals surface area contributed by atoms with E-state index in [0.29, 0.717) is 0 Å². The molecule has 0 aliphatic rings. The predicted octanol–water partition coefficient (Wildman–Crippen LogP) is 6.23. The smallest absolute Gasteiger partial charge is 0.0191 e. The molecule has 2 rings (SSSR count). The largest absolute Gasteiger partial charge is 0.0613 e. The highest BCUT2D eigenvalue weighted by molar-refractivity contribution is 14.1. The Morgan fingerprint density at radius 3 is 1.43 bits per heavy atom. The average molecular weight is 504 g/mol. The van der Waals surface area contributed by atoms with Crippen LogP contribution in [0.3, 0.4) is 0 Å². The van der Waals surface area contributed by atoms with Crippen molar-refractivity contribution >= 4 is 45.2 Å². The lowest BCUT2D eigenvalue weighted by Gasteiger charge is -2.13. The third-order valence-corrected chi connectivity index (χ3v) is 7.04. The van der Waals surface area contributed by atoms with Crippen LogP contribution in [0.15, 0.2) is 24.3 Å². The van der Waals surface area contributed by atoms with Crippen LogP contribution in [0.1, 0.15) is 47.2 Å². The Bertz CT molecular complexity index is 600. The van der Waals surface area contributed by atoms with E-state index in [4.69, 9.17) is 0 Å². The summed E-state index contributed by atoms with van der Waals surface area (Å²) < 4.78 is 2.85. The van der Waals surface area contributed by atoms with Crippen molar-refractivity contribution in [3.05, 3.63) is 64.8 Å². The topological polar surface area (TPSA) is 0 Å². The minimum atomic E-state index is 1.04. The Morgan fingerprint density at radius 1 is 0.714 bits per heavy atom. The van der Waals surface area contributed by atoms with Crippen molar-refractivity contribution in [2.75, 3.05) is 0 Å². The monoisotopic (exact) mass is 504 g/mol. The van der Waals surface area contributed by atoms with Crippen molar-refractivity contribution in [2.24, 2.45) is 0 Å². The Labute approximate surface area is 156 Å². The zero-order chi connectivity index (χ0) is 15.6. The SMILES string of the molecule is CCc1cc(Cc2cc(C)c(I)c(CC)c2)cc(C)c1I. The Morgan fingerprint density at radius 2 is 1.10 bits per heavy atom. The van der Waals surface area contributed by atoms with Crippen molar-refractivity contribution in [2.45, 2.75) is 47.0 Å². The number of halogens is 2. The molecule has 0 N–H and O–H groups in total. The van der Waals surface area contributed by atoms with E-state index < -0.39 is 0 Å². The lowest BCUT2D eigenvalue weighted by atomic mass is 9.96. The molecule has 0 spiro atoms. The van der Waals surface area contributed by atoms with Gasteiger partial charge in [-0.15, -0.1) is 0 Å². The van der Waals surface area contributed by atoms with E-state index in [0.717, 1.165) is 19.3 Å². The molecular formula is C19H22I2. The summed E-state index contributed by atoms with van der Waals surface area (Å²) >= 11 is 4.95. The molecule has 2 heteroatoms. The van der Waals surface area contributed by atoms with Crippen LogP contribution in [0.2, 0.25) is 0 Å². The Kier molecular flexibility index (Phi) is 6.12. The van der Waals surface area contributed by atoms with Gasteiger partial charge < -0.3 is 0 Å². The minimum Gasteiger partial charge on any atom is -0.0613 e. The molecule has 0 aliphatic carbocycles. The molecule has 0 bridgehead atoms. The summed E-state index contributed by atoms with van der Waals surface area (Å²) in [5.41, 5.74) is 8.64. The summed E-state index contributed by atoms with van der Waals surface area (Å²) in [7, 11) is 0. The van der Waals surface area contributed by atoms with Gasteiger partial charge in [-0.3, -0.25) is 0 Å². The molecule has 0 unspecified atom stereocenters. The summed E-state index contributed by atoms with van der Waals surface area (Å²) in [6, 6.07) is 9.46. The van der Waals surface area contributed by atoms with Crippen LogP contribution in [0.4, 0.5) is 0 Å². The molecule has 2 aromatic rings. The first-order chi connectivity index (χ1) is 9.96. The molecule has 0 radical (unpaired) electrons. The van der Waals surface area contributed by atoms with E-state index >= 15 is 0 Å². The number of hydrogen-bond donors (Lipinski definition) is 0. The minimum absolute atomic E-state index is 1.04. The Balaban J connectivity index is 2.38. The highest BCUT2D eigenvalue weighted by Gasteiger charge is 2.08. The first kappa shape index (κ1) is 17.3. The maximum absolute atomic E-state index is 2.47. The van der Waals surface area contributed by atoms with E-state index in [1.54, 1.807) is 0 Å². The molecular weight excluding hydrogens is 482 g/mol. The van der Waals surface area contributed by atoms with Gasteiger partial charge in [0.2, 0.25) is 0 Å². The third-order valence-electron chi connectivity index (χ3n) is 3.95. The van der Waals surface area contributed by atoms with Crippen molar-refractivity contribution < 1.29 is 0 Å². The van der Waals surface area contributed by atoms with Crippen molar-refractivity contribution in [3.63, 3.8) is 0 Å². The van der Waals surface area contributed by atoms with Gasteiger partial charge in [-0.05, 0) is 112 Å². The van der Waals surface area contributed by atoms with Crippen LogP contribution in [-0.2, 0) is 19.3 Å². The number of hydrogen-bond acceptors (Lipinski definition) is 0. The van der Waals surface area contributed by atoms with Crippen LogP contribution in [0.5, 0.6) is 0 Å². The molecule has 0 amide bonds. The van der Waals surface area contributed by atoms with Crippen LogP contribution >= 0.6 is 45.2 Å². The van der Waals surface area contributed by atoms with E-state index in [9.17, 15) is 0 Å². The van der Waals surface area contributed by atoms with E-state index in [1.807, 2.05) is 0 Å². The second-order valence-electron chi connectivity index (χ2n) is 5.66. The maximum Gasteiger partial charge on any atom is 0.0191 e. The molecule has 2 aromatic carbocycles. The van der Waals surface area contributed by atoms with E-state index in [2.05, 4.69) is 97.1 Å². The van der Waals surface area contributed by atoms with Crippen LogP contribution in [0, 0.1) is 21.0 Å². The van der Waals surface area contributed by atoms with E-state index in [1.165, 1.54) is 40.5 Å². The summed E-state index contributed by atoms with van der Waals surface area (Å²) in [4.78, 5) is 0. The molecule has 0 heterocycles. The molecule has 0 fully saturated rings. The van der Waals surface area contributed by atoms with Gasteiger partial charge in [-0.1, -0.05) is 38.1 Å². The lowest BCUT2D eigenvalue weighted by Crippen LogP contribution is -1.99. The van der Waals surface area contributed by atoms with Crippen molar-refractivity contribution in [1.29, 1.82) is 0 Å². The molecule has 112 valence electrons. The van der Waals surface area contributed by atoms with Crippen molar-refractivity contribution in [3.8, 4) is 0 Å². The number of rotatable bonds is 4. The average Bonchev–Trinajstić information content (AvgIpc) is 2.46. The molecule has 21 heavy (non-hydrogen) atoms. The first-order valence-electron chi connectivity index (χ1n) is 7.52. The van der Waals surface area contributed by atoms with Gasteiger partial charge in [-0.25, -0.2) is 0 Å². The lowest BCUT2D eigenvalue weighted by molar-refractivity contribution is 1.06. The van der Waals surface area contributed by atoms with Crippen LogP contribution in [-0.4, -0.2) is 0 Å². The molecule has 0 saturated heterocycles. The van der Waals surface area contributed by atoms with Gasteiger partial charge in [0, 0.05) is 7.14 Å². The fourth-order valence-corrected chi connectivity index (χ4v) is 4.19. The molecule has 0 aromatic heterocycles. The fraction of sp³-hybridized carbons (Fsp3) is 0.368. The molecule has 0 aliphatic heterocycles. The predicted molar refractivity (Wildman–Crippen MR) is 109 cm³/mol. The quantitative estimate of drug-likeness (QED) is 0.434. The number of aryl methyl sites for hydroxylation is 4. The maximum atomic E-state index is 2.47. The van der Waals surface area contributed by atoms with Crippen LogP contribution < -0.4 is 0 Å². The second kappa shape index (κ2) is 7.44. The van der Waals surface area contributed by atoms with E-state index in [-0.39, 0.29) is 0 Å². The van der Waals surface area contributed by atoms with Crippen molar-refractivity contribution in [1.82, 2.24) is 0 Å². The van der Waals surface area contributed by atoms with Crippen LogP contribution in [0.25, 0.3) is 0 Å².